The molecule has 0 radical (unpaired) electrons. The summed E-state index contributed by atoms with van der Waals surface area (Å²) in [6, 6.07) is 12.6. The van der Waals surface area contributed by atoms with Gasteiger partial charge in [0.25, 0.3) is 0 Å². The average molecular weight is 462 g/mol. The first-order chi connectivity index (χ1) is 16.5. The molecule has 8 heteroatoms. The Morgan fingerprint density at radius 1 is 0.941 bits per heavy atom. The summed E-state index contributed by atoms with van der Waals surface area (Å²) >= 11 is 0. The van der Waals surface area contributed by atoms with Gasteiger partial charge in [-0.25, -0.2) is 9.37 Å². The minimum absolute atomic E-state index is 0.279. The lowest BCUT2D eigenvalue weighted by Crippen LogP contribution is -2.50. The zero-order valence-corrected chi connectivity index (χ0v) is 19.9. The number of rotatable bonds is 4. The summed E-state index contributed by atoms with van der Waals surface area (Å²) in [7, 11) is 4.41. The molecule has 178 valence electrons. The van der Waals surface area contributed by atoms with E-state index in [1.807, 2.05) is 0 Å². The summed E-state index contributed by atoms with van der Waals surface area (Å²) in [5, 5.41) is 8.15. The van der Waals surface area contributed by atoms with Crippen LogP contribution in [0.25, 0.3) is 33.5 Å². The normalized spacial score (nSPS) is 19.1. The van der Waals surface area contributed by atoms with Gasteiger partial charge < -0.3 is 19.7 Å². The number of imidazole rings is 1. The molecule has 0 atom stereocenters. The SMILES string of the molecule is CN(C)C1CCN(C2CCN(c3ccc4nc(-c5n[nH]c6cc(F)ccc56)[nH]c4c3)CC2)CC1. The molecule has 7 nitrogen and oxygen atoms in total. The monoisotopic (exact) mass is 461 g/mol. The number of halogens is 1. The Morgan fingerprint density at radius 2 is 1.74 bits per heavy atom. The van der Waals surface area contributed by atoms with Gasteiger partial charge in [-0.1, -0.05) is 0 Å². The summed E-state index contributed by atoms with van der Waals surface area (Å²) in [6.45, 7) is 4.62. The number of likely N-dealkylation sites (tertiary alicyclic amines) is 1. The Hall–Kier alpha value is -2.97. The smallest absolute Gasteiger partial charge is 0.159 e. The molecule has 6 rings (SSSR count). The molecule has 2 saturated heterocycles. The third kappa shape index (κ3) is 3.95. The van der Waals surface area contributed by atoms with Crippen LogP contribution in [0.1, 0.15) is 25.7 Å². The maximum absolute atomic E-state index is 13.5. The van der Waals surface area contributed by atoms with Crippen molar-refractivity contribution < 1.29 is 4.39 Å². The van der Waals surface area contributed by atoms with Crippen LogP contribution in [0.5, 0.6) is 0 Å². The highest BCUT2D eigenvalue weighted by atomic mass is 19.1. The van der Waals surface area contributed by atoms with Crippen LogP contribution in [0.15, 0.2) is 36.4 Å². The van der Waals surface area contributed by atoms with Crippen molar-refractivity contribution in [3.8, 4) is 11.5 Å². The van der Waals surface area contributed by atoms with E-state index < -0.39 is 0 Å². The van der Waals surface area contributed by atoms with E-state index in [1.54, 1.807) is 6.07 Å². The van der Waals surface area contributed by atoms with Crippen LogP contribution in [0, 0.1) is 5.82 Å². The van der Waals surface area contributed by atoms with E-state index >= 15 is 0 Å². The Bertz CT molecular complexity index is 1290. The quantitative estimate of drug-likeness (QED) is 0.476. The molecule has 2 fully saturated rings. The van der Waals surface area contributed by atoms with E-state index in [1.165, 1.54) is 56.6 Å². The van der Waals surface area contributed by atoms with E-state index in [0.717, 1.165) is 35.6 Å². The van der Waals surface area contributed by atoms with Crippen LogP contribution in [-0.2, 0) is 0 Å². The highest BCUT2D eigenvalue weighted by Crippen LogP contribution is 2.30. The van der Waals surface area contributed by atoms with E-state index in [0.29, 0.717) is 23.1 Å². The Labute approximate surface area is 198 Å². The second-order valence-electron chi connectivity index (χ2n) is 10.00. The third-order valence-corrected chi connectivity index (χ3v) is 7.79. The van der Waals surface area contributed by atoms with Gasteiger partial charge in [-0.05, 0) is 89.3 Å². The number of anilines is 1. The lowest BCUT2D eigenvalue weighted by Gasteiger charge is -2.43. The van der Waals surface area contributed by atoms with Gasteiger partial charge in [0.2, 0.25) is 0 Å². The summed E-state index contributed by atoms with van der Waals surface area (Å²) in [5.41, 5.74) is 4.53. The molecule has 0 aliphatic carbocycles. The summed E-state index contributed by atoms with van der Waals surface area (Å²) in [4.78, 5) is 15.8. The zero-order valence-electron chi connectivity index (χ0n) is 19.9. The molecule has 2 aromatic carbocycles. The molecule has 0 spiro atoms. The Kier molecular flexibility index (Phi) is 5.50. The Balaban J connectivity index is 1.15. The highest BCUT2D eigenvalue weighted by Gasteiger charge is 2.29. The lowest BCUT2D eigenvalue weighted by atomic mass is 9.97. The van der Waals surface area contributed by atoms with Crippen LogP contribution in [-0.4, -0.2) is 82.3 Å². The maximum Gasteiger partial charge on any atom is 0.159 e. The lowest BCUT2D eigenvalue weighted by molar-refractivity contribution is 0.0961. The van der Waals surface area contributed by atoms with Crippen molar-refractivity contribution in [2.24, 2.45) is 0 Å². The predicted octanol–water partition coefficient (Wildman–Crippen LogP) is 4.24. The first-order valence-electron chi connectivity index (χ1n) is 12.3. The van der Waals surface area contributed by atoms with Crippen molar-refractivity contribution in [3.63, 3.8) is 0 Å². The standard InChI is InChI=1S/C26H32FN7/c1-32(2)18-7-11-33(12-8-18)19-9-13-34(14-10-19)20-4-6-22-24(16-20)29-26(28-22)25-21-5-3-17(27)15-23(21)30-31-25/h3-6,15-16,18-19H,7-14H2,1-2H3,(H,28,29)(H,30,31). The van der Waals surface area contributed by atoms with Gasteiger partial charge in [-0.15, -0.1) is 0 Å². The van der Waals surface area contributed by atoms with E-state index in [-0.39, 0.29) is 5.82 Å². The summed E-state index contributed by atoms with van der Waals surface area (Å²) in [5.74, 6) is 0.420. The van der Waals surface area contributed by atoms with E-state index in [2.05, 4.69) is 62.2 Å². The minimum atomic E-state index is -0.279. The van der Waals surface area contributed by atoms with Crippen LogP contribution in [0.2, 0.25) is 0 Å². The second kappa shape index (κ2) is 8.67. The maximum atomic E-state index is 13.5. The largest absolute Gasteiger partial charge is 0.371 e. The molecule has 2 aromatic heterocycles. The van der Waals surface area contributed by atoms with Gasteiger partial charge in [0, 0.05) is 36.2 Å². The number of aromatic amines is 2. The van der Waals surface area contributed by atoms with Crippen molar-refractivity contribution >= 4 is 27.6 Å². The van der Waals surface area contributed by atoms with Gasteiger partial charge in [0.05, 0.1) is 16.6 Å². The average Bonchev–Trinajstić information content (AvgIpc) is 3.47. The first-order valence-corrected chi connectivity index (χ1v) is 12.3. The van der Waals surface area contributed by atoms with E-state index in [9.17, 15) is 4.39 Å². The fourth-order valence-electron chi connectivity index (χ4n) is 5.74. The topological polar surface area (TPSA) is 67.1 Å². The molecule has 0 bridgehead atoms. The molecule has 0 saturated carbocycles. The molecule has 0 unspecified atom stereocenters. The summed E-state index contributed by atoms with van der Waals surface area (Å²) < 4.78 is 13.5. The van der Waals surface area contributed by atoms with Gasteiger partial charge in [0.1, 0.15) is 11.5 Å². The highest BCUT2D eigenvalue weighted by molar-refractivity contribution is 5.93. The van der Waals surface area contributed by atoms with Gasteiger partial charge in [-0.2, -0.15) is 5.10 Å². The number of nitrogens with zero attached hydrogens (tertiary/aromatic N) is 5. The number of hydrogen-bond donors (Lipinski definition) is 2. The number of fused-ring (bicyclic) bond motifs is 2. The molecule has 2 aliphatic heterocycles. The number of benzene rings is 2. The molecule has 4 aromatic rings. The molecular formula is C26H32FN7. The fourth-order valence-corrected chi connectivity index (χ4v) is 5.74. The zero-order chi connectivity index (χ0) is 23.2. The molecule has 2 N–H and O–H groups in total. The van der Waals surface area contributed by atoms with Crippen molar-refractivity contribution in [2.75, 3.05) is 45.2 Å². The van der Waals surface area contributed by atoms with Gasteiger partial charge in [-0.3, -0.25) is 5.10 Å². The van der Waals surface area contributed by atoms with E-state index in [4.69, 9.17) is 4.98 Å². The van der Waals surface area contributed by atoms with Crippen molar-refractivity contribution in [1.29, 1.82) is 0 Å². The second-order valence-corrected chi connectivity index (χ2v) is 10.00. The summed E-state index contributed by atoms with van der Waals surface area (Å²) in [6.07, 6.45) is 5.00. The molecule has 0 amide bonds. The van der Waals surface area contributed by atoms with Crippen molar-refractivity contribution in [1.82, 2.24) is 30.0 Å². The van der Waals surface area contributed by atoms with Crippen LogP contribution < -0.4 is 4.90 Å². The van der Waals surface area contributed by atoms with Crippen molar-refractivity contribution in [2.45, 2.75) is 37.8 Å². The molecule has 2 aliphatic rings. The molecular weight excluding hydrogens is 429 g/mol. The molecule has 34 heavy (non-hydrogen) atoms. The number of piperidine rings is 2. The van der Waals surface area contributed by atoms with Crippen molar-refractivity contribution in [3.05, 3.63) is 42.2 Å². The fraction of sp³-hybridized carbons (Fsp3) is 0.462. The minimum Gasteiger partial charge on any atom is -0.371 e. The molecule has 4 heterocycles. The number of nitrogens with one attached hydrogen (secondary N) is 2. The Morgan fingerprint density at radius 3 is 2.50 bits per heavy atom. The first kappa shape index (κ1) is 21.6. The third-order valence-electron chi connectivity index (χ3n) is 7.79. The number of H-pyrrole nitrogens is 2. The number of hydrogen-bond acceptors (Lipinski definition) is 5. The predicted molar refractivity (Wildman–Crippen MR) is 135 cm³/mol. The van der Waals surface area contributed by atoms with Crippen LogP contribution in [0.3, 0.4) is 0 Å². The van der Waals surface area contributed by atoms with Gasteiger partial charge in [0.15, 0.2) is 5.82 Å². The van der Waals surface area contributed by atoms with Crippen LogP contribution >= 0.6 is 0 Å². The van der Waals surface area contributed by atoms with Gasteiger partial charge >= 0.3 is 0 Å². The number of aromatic nitrogens is 4. The van der Waals surface area contributed by atoms with Crippen LogP contribution in [0.4, 0.5) is 10.1 Å².